The van der Waals surface area contributed by atoms with Gasteiger partial charge in [0.1, 0.15) is 0 Å². The number of anilines is 1. The van der Waals surface area contributed by atoms with Crippen LogP contribution in [0.15, 0.2) is 24.3 Å². The van der Waals surface area contributed by atoms with Gasteiger partial charge in [0.2, 0.25) is 0 Å². The summed E-state index contributed by atoms with van der Waals surface area (Å²) in [4.78, 5) is 0. The Morgan fingerprint density at radius 2 is 2.25 bits per heavy atom. The van der Waals surface area contributed by atoms with Crippen LogP contribution in [0.3, 0.4) is 0 Å². The van der Waals surface area contributed by atoms with Gasteiger partial charge in [-0.15, -0.1) is 0 Å². The van der Waals surface area contributed by atoms with Crippen molar-refractivity contribution in [3.05, 3.63) is 35.4 Å². The molecule has 2 aliphatic rings. The van der Waals surface area contributed by atoms with Crippen molar-refractivity contribution in [2.75, 3.05) is 18.8 Å². The highest BCUT2D eigenvalue weighted by atomic mass is 14.9. The van der Waals surface area contributed by atoms with E-state index in [0.29, 0.717) is 0 Å². The van der Waals surface area contributed by atoms with E-state index >= 15 is 0 Å². The lowest BCUT2D eigenvalue weighted by Crippen LogP contribution is -2.36. The van der Waals surface area contributed by atoms with Crippen LogP contribution in [-0.2, 0) is 6.42 Å². The summed E-state index contributed by atoms with van der Waals surface area (Å²) in [6.45, 7) is 2.31. The molecule has 1 heterocycles. The maximum absolute atomic E-state index is 5.83. The number of hydrogen-bond acceptors (Lipinski definition) is 2. The molecule has 16 heavy (non-hydrogen) atoms. The van der Waals surface area contributed by atoms with E-state index in [0.717, 1.165) is 30.6 Å². The van der Waals surface area contributed by atoms with Crippen LogP contribution >= 0.6 is 0 Å². The lowest BCUT2D eigenvalue weighted by molar-refractivity contribution is 0.303. The third-order valence-electron chi connectivity index (χ3n) is 3.84. The minimum Gasteiger partial charge on any atom is -0.399 e. The number of benzene rings is 1. The van der Waals surface area contributed by atoms with E-state index in [-0.39, 0.29) is 0 Å². The first-order valence-corrected chi connectivity index (χ1v) is 6.10. The van der Waals surface area contributed by atoms with Crippen molar-refractivity contribution in [2.24, 2.45) is 11.8 Å². The van der Waals surface area contributed by atoms with Gasteiger partial charge in [0.25, 0.3) is 0 Å². The molecule has 2 atom stereocenters. The van der Waals surface area contributed by atoms with Crippen molar-refractivity contribution in [2.45, 2.75) is 12.8 Å². The number of piperidine rings is 1. The SMILES string of the molecule is Nc1ccc2c(c1)C=C[C@H]1CCNC[C@@H]1C2. The van der Waals surface area contributed by atoms with Gasteiger partial charge in [0.05, 0.1) is 0 Å². The fraction of sp³-hybridized carbons (Fsp3) is 0.429. The Balaban J connectivity index is 1.96. The molecule has 3 rings (SSSR count). The topological polar surface area (TPSA) is 38.0 Å². The first-order valence-electron chi connectivity index (χ1n) is 6.10. The Morgan fingerprint density at radius 1 is 1.31 bits per heavy atom. The summed E-state index contributed by atoms with van der Waals surface area (Å²) in [5.74, 6) is 1.50. The second-order valence-electron chi connectivity index (χ2n) is 4.94. The summed E-state index contributed by atoms with van der Waals surface area (Å²) in [7, 11) is 0. The molecule has 1 aliphatic heterocycles. The van der Waals surface area contributed by atoms with Gasteiger partial charge < -0.3 is 11.1 Å². The Morgan fingerprint density at radius 3 is 3.19 bits per heavy atom. The molecule has 84 valence electrons. The predicted molar refractivity (Wildman–Crippen MR) is 68.1 cm³/mol. The van der Waals surface area contributed by atoms with Crippen molar-refractivity contribution in [3.63, 3.8) is 0 Å². The monoisotopic (exact) mass is 214 g/mol. The summed E-state index contributed by atoms with van der Waals surface area (Å²) in [6, 6.07) is 6.30. The van der Waals surface area contributed by atoms with E-state index in [9.17, 15) is 0 Å². The Kier molecular flexibility index (Phi) is 2.44. The fourth-order valence-electron chi connectivity index (χ4n) is 2.88. The summed E-state index contributed by atoms with van der Waals surface area (Å²) < 4.78 is 0. The van der Waals surface area contributed by atoms with E-state index in [2.05, 4.69) is 29.6 Å². The van der Waals surface area contributed by atoms with E-state index in [4.69, 9.17) is 5.73 Å². The minimum absolute atomic E-state index is 0.745. The van der Waals surface area contributed by atoms with Crippen LogP contribution in [0.2, 0.25) is 0 Å². The van der Waals surface area contributed by atoms with Crippen molar-refractivity contribution in [1.29, 1.82) is 0 Å². The van der Waals surface area contributed by atoms with Crippen molar-refractivity contribution in [3.8, 4) is 0 Å². The molecule has 1 aromatic carbocycles. The van der Waals surface area contributed by atoms with Gasteiger partial charge in [-0.3, -0.25) is 0 Å². The summed E-state index contributed by atoms with van der Waals surface area (Å²) in [5.41, 5.74) is 9.46. The number of nitrogens with two attached hydrogens (primary N) is 1. The predicted octanol–water partition coefficient (Wildman–Crippen LogP) is 2.06. The highest BCUT2D eigenvalue weighted by Crippen LogP contribution is 2.31. The van der Waals surface area contributed by atoms with E-state index in [1.807, 2.05) is 6.07 Å². The van der Waals surface area contributed by atoms with Crippen molar-refractivity contribution < 1.29 is 0 Å². The molecular formula is C14H18N2. The second-order valence-corrected chi connectivity index (χ2v) is 4.94. The standard InChI is InChI=1S/C14H18N2/c15-14-4-3-11-7-13-9-16-6-5-10(13)1-2-12(11)8-14/h1-4,8,10,13,16H,5-7,9,15H2/t10-,13-/m0/s1. The number of allylic oxidation sites excluding steroid dienone is 1. The highest BCUT2D eigenvalue weighted by molar-refractivity contribution is 5.60. The molecule has 2 heteroatoms. The normalized spacial score (nSPS) is 28.0. The van der Waals surface area contributed by atoms with Gasteiger partial charge in [0, 0.05) is 5.69 Å². The molecule has 1 fully saturated rings. The molecule has 0 amide bonds. The van der Waals surface area contributed by atoms with Gasteiger partial charge >= 0.3 is 0 Å². The molecule has 0 spiro atoms. The maximum Gasteiger partial charge on any atom is 0.0320 e. The second kappa shape index (κ2) is 3.95. The van der Waals surface area contributed by atoms with Crippen LogP contribution in [0.25, 0.3) is 6.08 Å². The largest absolute Gasteiger partial charge is 0.399 e. The zero-order chi connectivity index (χ0) is 11.0. The smallest absolute Gasteiger partial charge is 0.0320 e. The van der Waals surface area contributed by atoms with Crippen LogP contribution in [0.1, 0.15) is 17.5 Å². The Bertz CT molecular complexity index is 423. The quantitative estimate of drug-likeness (QED) is 0.649. The summed E-state index contributed by atoms with van der Waals surface area (Å²) >= 11 is 0. The van der Waals surface area contributed by atoms with Crippen molar-refractivity contribution >= 4 is 11.8 Å². The molecule has 1 aromatic rings. The average molecular weight is 214 g/mol. The van der Waals surface area contributed by atoms with Crippen LogP contribution in [0, 0.1) is 11.8 Å². The molecule has 0 saturated carbocycles. The van der Waals surface area contributed by atoms with Gasteiger partial charge in [-0.25, -0.2) is 0 Å². The third-order valence-corrected chi connectivity index (χ3v) is 3.84. The molecule has 0 unspecified atom stereocenters. The number of rotatable bonds is 0. The van der Waals surface area contributed by atoms with Crippen molar-refractivity contribution in [1.82, 2.24) is 5.32 Å². The van der Waals surface area contributed by atoms with E-state index < -0.39 is 0 Å². The van der Waals surface area contributed by atoms with Crippen LogP contribution in [0.4, 0.5) is 5.69 Å². The third kappa shape index (κ3) is 1.74. The lowest BCUT2D eigenvalue weighted by Gasteiger charge is -2.29. The van der Waals surface area contributed by atoms with E-state index in [1.54, 1.807) is 0 Å². The Labute approximate surface area is 96.5 Å². The number of fused-ring (bicyclic) bond motifs is 2. The lowest BCUT2D eigenvalue weighted by atomic mass is 9.83. The number of nitrogens with one attached hydrogen (secondary N) is 1. The zero-order valence-corrected chi connectivity index (χ0v) is 9.45. The zero-order valence-electron chi connectivity index (χ0n) is 9.45. The average Bonchev–Trinajstić information content (AvgIpc) is 2.48. The van der Waals surface area contributed by atoms with Crippen LogP contribution < -0.4 is 11.1 Å². The van der Waals surface area contributed by atoms with Gasteiger partial charge in [-0.2, -0.15) is 0 Å². The van der Waals surface area contributed by atoms with Gasteiger partial charge in [-0.05, 0) is 61.0 Å². The fourth-order valence-corrected chi connectivity index (χ4v) is 2.88. The molecule has 2 nitrogen and oxygen atoms in total. The molecule has 0 aromatic heterocycles. The van der Waals surface area contributed by atoms with Crippen LogP contribution in [0.5, 0.6) is 0 Å². The molecule has 1 aliphatic carbocycles. The minimum atomic E-state index is 0.745. The molecular weight excluding hydrogens is 196 g/mol. The first-order chi connectivity index (χ1) is 7.83. The molecule has 3 N–H and O–H groups in total. The number of nitrogen functional groups attached to an aromatic ring is 1. The van der Waals surface area contributed by atoms with E-state index in [1.165, 1.54) is 24.0 Å². The first kappa shape index (κ1) is 9.91. The van der Waals surface area contributed by atoms with Crippen LogP contribution in [-0.4, -0.2) is 13.1 Å². The van der Waals surface area contributed by atoms with Gasteiger partial charge in [0.15, 0.2) is 0 Å². The molecule has 0 radical (unpaired) electrons. The Hall–Kier alpha value is -1.28. The summed E-state index contributed by atoms with van der Waals surface area (Å²) in [5, 5.41) is 3.50. The summed E-state index contributed by atoms with van der Waals surface area (Å²) in [6.07, 6.45) is 7.10. The highest BCUT2D eigenvalue weighted by Gasteiger charge is 2.25. The molecule has 1 saturated heterocycles. The maximum atomic E-state index is 5.83. The number of hydrogen-bond donors (Lipinski definition) is 2. The van der Waals surface area contributed by atoms with Gasteiger partial charge in [-0.1, -0.05) is 18.2 Å². The molecule has 0 bridgehead atoms.